The van der Waals surface area contributed by atoms with Gasteiger partial charge < -0.3 is 15.3 Å². The van der Waals surface area contributed by atoms with E-state index in [1.165, 1.54) is 0 Å². The molecule has 6 nitrogen and oxygen atoms in total. The highest BCUT2D eigenvalue weighted by atomic mass is 16.7. The third-order valence-corrected chi connectivity index (χ3v) is 3.04. The number of aliphatic hydroxyl groups excluding tert-OH is 1. The summed E-state index contributed by atoms with van der Waals surface area (Å²) in [7, 11) is 0. The number of hydroxylamine groups is 1. The molecule has 1 saturated heterocycles. The van der Waals surface area contributed by atoms with Gasteiger partial charge in [0.2, 0.25) is 5.91 Å². The van der Waals surface area contributed by atoms with Crippen molar-refractivity contribution < 1.29 is 19.5 Å². The van der Waals surface area contributed by atoms with Gasteiger partial charge in [-0.3, -0.25) is 9.59 Å². The molecule has 1 aliphatic rings. The normalized spacial score (nSPS) is 22.5. The van der Waals surface area contributed by atoms with Crippen LogP contribution in [0.1, 0.15) is 12.0 Å². The molecule has 2 atom stereocenters. The van der Waals surface area contributed by atoms with Crippen molar-refractivity contribution in [3.63, 3.8) is 0 Å². The molecule has 3 N–H and O–H groups in total. The zero-order valence-corrected chi connectivity index (χ0v) is 10.6. The van der Waals surface area contributed by atoms with E-state index in [-0.39, 0.29) is 0 Å². The molecule has 102 valence electrons. The summed E-state index contributed by atoms with van der Waals surface area (Å²) in [5.41, 5.74) is 3.07. The molecule has 0 spiro atoms. The average molecular weight is 264 g/mol. The van der Waals surface area contributed by atoms with E-state index in [9.17, 15) is 14.7 Å². The van der Waals surface area contributed by atoms with Gasteiger partial charge in [-0.05, 0) is 25.0 Å². The number of aryl methyl sites for hydroxylation is 1. The molecule has 2 rings (SSSR count). The number of carbonyl (C=O) groups excluding carboxylic acids is 2. The number of hydrogen-bond acceptors (Lipinski definition) is 4. The molecule has 0 saturated carbocycles. The minimum Gasteiger partial charge on any atom is -0.392 e. The summed E-state index contributed by atoms with van der Waals surface area (Å²) in [5, 5.41) is 12.2. The summed E-state index contributed by atoms with van der Waals surface area (Å²) in [5.74, 6) is -1.75. The molecule has 19 heavy (non-hydrogen) atoms. The first-order valence-corrected chi connectivity index (χ1v) is 6.07. The number of rotatable bonds is 3. The lowest BCUT2D eigenvalue weighted by atomic mass is 9.95. The minimum absolute atomic E-state index is 0.355. The first-order valence-electron chi connectivity index (χ1n) is 6.07. The van der Waals surface area contributed by atoms with Crippen molar-refractivity contribution in [3.8, 4) is 5.75 Å². The maximum Gasteiger partial charge on any atom is 0.267 e. The molecule has 0 bridgehead atoms. The molecule has 1 fully saturated rings. The van der Waals surface area contributed by atoms with Crippen LogP contribution in [0, 0.1) is 12.8 Å². The lowest BCUT2D eigenvalue weighted by molar-refractivity contribution is -0.146. The van der Waals surface area contributed by atoms with Crippen molar-refractivity contribution in [2.75, 3.05) is 6.54 Å². The SMILES string of the molecule is Cc1ccccc1ONC(=O)C1C(=O)NCCC1O. The maximum absolute atomic E-state index is 11.8. The van der Waals surface area contributed by atoms with Crippen LogP contribution in [0.2, 0.25) is 0 Å². The minimum atomic E-state index is -1.13. The number of carbonyl (C=O) groups is 2. The molecule has 0 aliphatic carbocycles. The largest absolute Gasteiger partial charge is 0.392 e. The Bertz CT molecular complexity index is 489. The van der Waals surface area contributed by atoms with Crippen LogP contribution in [-0.2, 0) is 9.59 Å². The van der Waals surface area contributed by atoms with Gasteiger partial charge in [0.25, 0.3) is 5.91 Å². The maximum atomic E-state index is 11.8. The second-order valence-electron chi connectivity index (χ2n) is 4.46. The number of aliphatic hydroxyl groups is 1. The van der Waals surface area contributed by atoms with Crippen molar-refractivity contribution in [2.45, 2.75) is 19.4 Å². The highest BCUT2D eigenvalue weighted by molar-refractivity contribution is 6.01. The molecule has 1 aromatic carbocycles. The van der Waals surface area contributed by atoms with E-state index in [0.717, 1.165) is 5.56 Å². The van der Waals surface area contributed by atoms with Gasteiger partial charge in [0, 0.05) is 6.54 Å². The second kappa shape index (κ2) is 5.71. The van der Waals surface area contributed by atoms with E-state index < -0.39 is 23.8 Å². The fourth-order valence-corrected chi connectivity index (χ4v) is 1.93. The van der Waals surface area contributed by atoms with Crippen LogP contribution >= 0.6 is 0 Å². The first-order chi connectivity index (χ1) is 9.09. The zero-order valence-electron chi connectivity index (χ0n) is 10.6. The smallest absolute Gasteiger partial charge is 0.267 e. The quantitative estimate of drug-likeness (QED) is 0.525. The topological polar surface area (TPSA) is 87.7 Å². The number of amides is 2. The summed E-state index contributed by atoms with van der Waals surface area (Å²) in [6.07, 6.45) is -0.622. The summed E-state index contributed by atoms with van der Waals surface area (Å²) in [6.45, 7) is 2.21. The van der Waals surface area contributed by atoms with Crippen molar-refractivity contribution in [1.29, 1.82) is 0 Å². The molecular weight excluding hydrogens is 248 g/mol. The van der Waals surface area contributed by atoms with Gasteiger partial charge in [-0.1, -0.05) is 18.2 Å². The second-order valence-corrected chi connectivity index (χ2v) is 4.46. The van der Waals surface area contributed by atoms with Crippen LogP contribution in [-0.4, -0.2) is 29.6 Å². The van der Waals surface area contributed by atoms with Crippen molar-refractivity contribution in [2.24, 2.45) is 5.92 Å². The van der Waals surface area contributed by atoms with Gasteiger partial charge in [-0.25, -0.2) is 0 Å². The first kappa shape index (κ1) is 13.4. The van der Waals surface area contributed by atoms with Gasteiger partial charge in [0.05, 0.1) is 6.10 Å². The van der Waals surface area contributed by atoms with E-state index >= 15 is 0 Å². The molecule has 2 unspecified atom stereocenters. The predicted octanol–water partition coefficient (Wildman–Crippen LogP) is -0.0980. The van der Waals surface area contributed by atoms with E-state index in [0.29, 0.717) is 18.7 Å². The van der Waals surface area contributed by atoms with Gasteiger partial charge in [0.1, 0.15) is 5.92 Å². The Morgan fingerprint density at radius 3 is 2.89 bits per heavy atom. The number of benzene rings is 1. The molecule has 0 radical (unpaired) electrons. The van der Waals surface area contributed by atoms with Crippen LogP contribution < -0.4 is 15.6 Å². The Hall–Kier alpha value is -2.08. The molecule has 0 aromatic heterocycles. The van der Waals surface area contributed by atoms with Gasteiger partial charge in [0.15, 0.2) is 5.75 Å². The fraction of sp³-hybridized carbons (Fsp3) is 0.385. The van der Waals surface area contributed by atoms with Crippen LogP contribution in [0.25, 0.3) is 0 Å². The number of hydrogen-bond donors (Lipinski definition) is 3. The lowest BCUT2D eigenvalue weighted by Gasteiger charge is -2.26. The monoisotopic (exact) mass is 264 g/mol. The van der Waals surface area contributed by atoms with Crippen LogP contribution in [0.3, 0.4) is 0 Å². The Kier molecular flexibility index (Phi) is 4.01. The highest BCUT2D eigenvalue weighted by Gasteiger charge is 2.37. The third-order valence-electron chi connectivity index (χ3n) is 3.04. The summed E-state index contributed by atoms with van der Waals surface area (Å²) < 4.78 is 0. The Morgan fingerprint density at radius 2 is 2.21 bits per heavy atom. The summed E-state index contributed by atoms with van der Waals surface area (Å²) >= 11 is 0. The van der Waals surface area contributed by atoms with Crippen molar-refractivity contribution >= 4 is 11.8 Å². The highest BCUT2D eigenvalue weighted by Crippen LogP contribution is 2.16. The molecule has 2 amide bonds. The van der Waals surface area contributed by atoms with Gasteiger partial charge >= 0.3 is 0 Å². The standard InChI is InChI=1S/C13H16N2O4/c1-8-4-2-3-5-10(8)19-15-13(18)11-9(16)6-7-14-12(11)17/h2-5,9,11,16H,6-7H2,1H3,(H,14,17)(H,15,18). The van der Waals surface area contributed by atoms with Crippen LogP contribution in [0.4, 0.5) is 0 Å². The van der Waals surface area contributed by atoms with E-state index in [1.807, 2.05) is 19.1 Å². The van der Waals surface area contributed by atoms with Crippen molar-refractivity contribution in [1.82, 2.24) is 10.8 Å². The molecular formula is C13H16N2O4. The summed E-state index contributed by atoms with van der Waals surface area (Å²) in [4.78, 5) is 28.5. The molecule has 1 aliphatic heterocycles. The van der Waals surface area contributed by atoms with Gasteiger partial charge in [-0.2, -0.15) is 5.48 Å². The van der Waals surface area contributed by atoms with Crippen LogP contribution in [0.15, 0.2) is 24.3 Å². The number of para-hydroxylation sites is 1. The average Bonchev–Trinajstić information content (AvgIpc) is 2.37. The fourth-order valence-electron chi connectivity index (χ4n) is 1.93. The summed E-state index contributed by atoms with van der Waals surface area (Å²) in [6, 6.07) is 7.16. The third kappa shape index (κ3) is 3.03. The molecule has 1 heterocycles. The predicted molar refractivity (Wildman–Crippen MR) is 67.1 cm³/mol. The van der Waals surface area contributed by atoms with Crippen LogP contribution in [0.5, 0.6) is 5.75 Å². The Balaban J connectivity index is 1.97. The molecule has 1 aromatic rings. The van der Waals surface area contributed by atoms with Gasteiger partial charge in [-0.15, -0.1) is 0 Å². The number of nitrogens with one attached hydrogen (secondary N) is 2. The number of piperidine rings is 1. The zero-order chi connectivity index (χ0) is 13.8. The lowest BCUT2D eigenvalue weighted by Crippen LogP contribution is -2.52. The van der Waals surface area contributed by atoms with E-state index in [2.05, 4.69) is 10.8 Å². The Morgan fingerprint density at radius 1 is 1.47 bits per heavy atom. The molecule has 6 heteroatoms. The van der Waals surface area contributed by atoms with E-state index in [4.69, 9.17) is 4.84 Å². The van der Waals surface area contributed by atoms with Crippen molar-refractivity contribution in [3.05, 3.63) is 29.8 Å². The Labute approximate surface area is 110 Å². The van der Waals surface area contributed by atoms with E-state index in [1.54, 1.807) is 12.1 Å².